The lowest BCUT2D eigenvalue weighted by molar-refractivity contribution is 0.397. The summed E-state index contributed by atoms with van der Waals surface area (Å²) in [5.74, 6) is 1.42. The number of pyridine rings is 1. The van der Waals surface area contributed by atoms with Gasteiger partial charge in [0.05, 0.1) is 7.11 Å². The smallest absolute Gasteiger partial charge is 0.213 e. The predicted octanol–water partition coefficient (Wildman–Crippen LogP) is 3.87. The molecule has 0 amide bonds. The van der Waals surface area contributed by atoms with Crippen LogP contribution in [0.4, 0.5) is 0 Å². The number of nitrogens with zero attached hydrogens (tertiary/aromatic N) is 2. The molecule has 2 aromatic rings. The standard InChI is InChI=1S/C19H23BrN4O.HI/c1-21-18(23-12-14-6-9-22-17(10-14)25-2)24-13-19(7-8-19)15-4-3-5-16(20)11-15;/h3-6,9-11H,7-8,12-13H2,1-2H3,(H2,21,23,24);1H. The fraction of sp³-hybridized carbons (Fsp3) is 0.368. The predicted molar refractivity (Wildman–Crippen MR) is 119 cm³/mol. The Morgan fingerprint density at radius 3 is 2.73 bits per heavy atom. The first-order chi connectivity index (χ1) is 12.1. The van der Waals surface area contributed by atoms with E-state index in [1.165, 1.54) is 18.4 Å². The molecule has 0 spiro atoms. The molecular weight excluding hydrogens is 507 g/mol. The Kier molecular flexibility index (Phi) is 7.69. The van der Waals surface area contributed by atoms with E-state index >= 15 is 0 Å². The first kappa shape index (κ1) is 21.0. The fourth-order valence-electron chi connectivity index (χ4n) is 2.87. The topological polar surface area (TPSA) is 58.5 Å². The maximum Gasteiger partial charge on any atom is 0.213 e. The van der Waals surface area contributed by atoms with Crippen molar-refractivity contribution in [2.45, 2.75) is 24.8 Å². The third kappa shape index (κ3) is 5.33. The lowest BCUT2D eigenvalue weighted by atomic mass is 9.96. The molecule has 1 saturated carbocycles. The number of guanidine groups is 1. The van der Waals surface area contributed by atoms with Gasteiger partial charge in [0.2, 0.25) is 5.88 Å². The molecule has 1 aliphatic rings. The third-order valence-corrected chi connectivity index (χ3v) is 5.07. The SMILES string of the molecule is CN=C(NCc1ccnc(OC)c1)NCC1(c2cccc(Br)c2)CC1.I. The van der Waals surface area contributed by atoms with E-state index in [1.54, 1.807) is 20.4 Å². The highest BCUT2D eigenvalue weighted by Crippen LogP contribution is 2.48. The van der Waals surface area contributed by atoms with Crippen LogP contribution in [0, 0.1) is 0 Å². The molecule has 5 nitrogen and oxygen atoms in total. The van der Waals surface area contributed by atoms with Crippen LogP contribution in [0.25, 0.3) is 0 Å². The number of ether oxygens (including phenoxy) is 1. The molecule has 140 valence electrons. The van der Waals surface area contributed by atoms with Crippen LogP contribution in [-0.2, 0) is 12.0 Å². The van der Waals surface area contributed by atoms with Gasteiger partial charge in [0.15, 0.2) is 5.96 Å². The lowest BCUT2D eigenvalue weighted by Crippen LogP contribution is -2.40. The quantitative estimate of drug-likeness (QED) is 0.338. The van der Waals surface area contributed by atoms with Crippen molar-refractivity contribution < 1.29 is 4.74 Å². The summed E-state index contributed by atoms with van der Waals surface area (Å²) in [7, 11) is 3.41. The zero-order valence-electron chi connectivity index (χ0n) is 15.0. The van der Waals surface area contributed by atoms with E-state index in [-0.39, 0.29) is 29.4 Å². The van der Waals surface area contributed by atoms with Gasteiger partial charge in [-0.3, -0.25) is 4.99 Å². The van der Waals surface area contributed by atoms with E-state index in [9.17, 15) is 0 Å². The van der Waals surface area contributed by atoms with Gasteiger partial charge in [-0.2, -0.15) is 0 Å². The monoisotopic (exact) mass is 530 g/mol. The van der Waals surface area contributed by atoms with E-state index < -0.39 is 0 Å². The number of aliphatic imine (C=N–C) groups is 1. The summed E-state index contributed by atoms with van der Waals surface area (Å²) in [6.07, 6.45) is 4.16. The van der Waals surface area contributed by atoms with Crippen LogP contribution >= 0.6 is 39.9 Å². The average Bonchev–Trinajstić information content (AvgIpc) is 3.43. The highest BCUT2D eigenvalue weighted by Gasteiger charge is 2.44. The summed E-state index contributed by atoms with van der Waals surface area (Å²) in [4.78, 5) is 8.45. The number of methoxy groups -OCH3 is 1. The number of nitrogens with one attached hydrogen (secondary N) is 2. The molecule has 1 fully saturated rings. The van der Waals surface area contributed by atoms with Crippen molar-refractivity contribution in [1.29, 1.82) is 0 Å². The number of hydrogen-bond donors (Lipinski definition) is 2. The minimum absolute atomic E-state index is 0. The normalized spacial score (nSPS) is 15.0. The number of rotatable bonds is 6. The van der Waals surface area contributed by atoms with E-state index in [2.05, 4.69) is 60.8 Å². The van der Waals surface area contributed by atoms with Gasteiger partial charge in [-0.25, -0.2) is 4.98 Å². The molecule has 1 heterocycles. The van der Waals surface area contributed by atoms with Crippen molar-refractivity contribution in [3.8, 4) is 5.88 Å². The highest BCUT2D eigenvalue weighted by atomic mass is 127. The van der Waals surface area contributed by atoms with Gasteiger partial charge in [-0.1, -0.05) is 28.1 Å². The molecule has 7 heteroatoms. The van der Waals surface area contributed by atoms with Gasteiger partial charge in [0.1, 0.15) is 0 Å². The highest BCUT2D eigenvalue weighted by molar-refractivity contribution is 14.0. The number of halogens is 2. The Bertz CT molecular complexity index is 765. The summed E-state index contributed by atoms with van der Waals surface area (Å²) in [5, 5.41) is 6.81. The molecule has 1 aromatic heterocycles. The van der Waals surface area contributed by atoms with Crippen molar-refractivity contribution in [3.63, 3.8) is 0 Å². The van der Waals surface area contributed by atoms with E-state index in [4.69, 9.17) is 4.74 Å². The maximum absolute atomic E-state index is 5.16. The number of aromatic nitrogens is 1. The summed E-state index contributed by atoms with van der Waals surface area (Å²) in [6, 6.07) is 12.5. The Morgan fingerprint density at radius 1 is 1.27 bits per heavy atom. The van der Waals surface area contributed by atoms with Crippen LogP contribution in [0.2, 0.25) is 0 Å². The van der Waals surface area contributed by atoms with E-state index in [1.807, 2.05) is 12.1 Å². The molecule has 0 unspecified atom stereocenters. The van der Waals surface area contributed by atoms with Crippen LogP contribution in [0.3, 0.4) is 0 Å². The minimum atomic E-state index is 0. The first-order valence-electron chi connectivity index (χ1n) is 8.35. The fourth-order valence-corrected chi connectivity index (χ4v) is 3.27. The van der Waals surface area contributed by atoms with Gasteiger partial charge >= 0.3 is 0 Å². The van der Waals surface area contributed by atoms with Gasteiger partial charge in [0.25, 0.3) is 0 Å². The van der Waals surface area contributed by atoms with Crippen LogP contribution in [0.15, 0.2) is 52.1 Å². The average molecular weight is 531 g/mol. The minimum Gasteiger partial charge on any atom is -0.481 e. The Labute approximate surface area is 180 Å². The van der Waals surface area contributed by atoms with E-state index in [0.29, 0.717) is 12.4 Å². The third-order valence-electron chi connectivity index (χ3n) is 4.58. The molecule has 2 N–H and O–H groups in total. The largest absolute Gasteiger partial charge is 0.481 e. The Hall–Kier alpha value is -1.35. The maximum atomic E-state index is 5.16. The molecule has 0 radical (unpaired) electrons. The summed E-state index contributed by atoms with van der Waals surface area (Å²) in [5.41, 5.74) is 2.70. The second kappa shape index (κ2) is 9.55. The molecule has 0 atom stereocenters. The summed E-state index contributed by atoms with van der Waals surface area (Å²) >= 11 is 3.57. The summed E-state index contributed by atoms with van der Waals surface area (Å²) in [6.45, 7) is 1.55. The first-order valence-corrected chi connectivity index (χ1v) is 9.14. The molecule has 1 aliphatic carbocycles. The lowest BCUT2D eigenvalue weighted by Gasteiger charge is -2.19. The van der Waals surface area contributed by atoms with Gasteiger partial charge in [-0.15, -0.1) is 24.0 Å². The van der Waals surface area contributed by atoms with Gasteiger partial charge in [-0.05, 0) is 42.2 Å². The van der Waals surface area contributed by atoms with Crippen molar-refractivity contribution in [2.75, 3.05) is 20.7 Å². The van der Waals surface area contributed by atoms with Crippen molar-refractivity contribution >= 4 is 45.9 Å². The van der Waals surface area contributed by atoms with Crippen LogP contribution < -0.4 is 15.4 Å². The molecule has 1 aromatic carbocycles. The Balaban J connectivity index is 0.00000243. The second-order valence-corrected chi connectivity index (χ2v) is 7.19. The van der Waals surface area contributed by atoms with Crippen LogP contribution in [0.5, 0.6) is 5.88 Å². The molecule has 0 aliphatic heterocycles. The molecule has 0 saturated heterocycles. The Morgan fingerprint density at radius 2 is 2.08 bits per heavy atom. The van der Waals surface area contributed by atoms with Crippen LogP contribution in [-0.4, -0.2) is 31.6 Å². The van der Waals surface area contributed by atoms with E-state index in [0.717, 1.165) is 22.5 Å². The molecular formula is C19H24BrIN4O. The second-order valence-electron chi connectivity index (χ2n) is 6.28. The zero-order valence-corrected chi connectivity index (χ0v) is 18.9. The van der Waals surface area contributed by atoms with Gasteiger partial charge in [0, 0.05) is 42.3 Å². The van der Waals surface area contributed by atoms with Crippen molar-refractivity contribution in [1.82, 2.24) is 15.6 Å². The number of benzene rings is 1. The summed E-state index contributed by atoms with van der Waals surface area (Å²) < 4.78 is 6.29. The number of hydrogen-bond acceptors (Lipinski definition) is 3. The molecule has 26 heavy (non-hydrogen) atoms. The van der Waals surface area contributed by atoms with Crippen molar-refractivity contribution in [2.24, 2.45) is 4.99 Å². The molecule has 3 rings (SSSR count). The van der Waals surface area contributed by atoms with Crippen molar-refractivity contribution in [3.05, 3.63) is 58.2 Å². The van der Waals surface area contributed by atoms with Crippen LogP contribution in [0.1, 0.15) is 24.0 Å². The molecule has 0 bridgehead atoms. The van der Waals surface area contributed by atoms with Gasteiger partial charge < -0.3 is 15.4 Å². The zero-order chi connectivity index (χ0) is 17.7.